The third-order valence-electron chi connectivity index (χ3n) is 15.8. The van der Waals surface area contributed by atoms with Crippen molar-refractivity contribution < 1.29 is 0 Å². The zero-order valence-electron chi connectivity index (χ0n) is 38.0. The second kappa shape index (κ2) is 13.9. The van der Waals surface area contributed by atoms with Gasteiger partial charge in [0.25, 0.3) is 0 Å². The van der Waals surface area contributed by atoms with Crippen LogP contribution in [0.2, 0.25) is 0 Å². The second-order valence-electron chi connectivity index (χ2n) is 19.1. The molecule has 0 N–H and O–H groups in total. The molecule has 3 nitrogen and oxygen atoms in total. The molecule has 0 aliphatic heterocycles. The normalized spacial score (nSPS) is 14.6. The number of rotatable bonds is 4. The molecule has 1 spiro atoms. The fraction of sp³-hybridized carbons (Fsp3) is 0.0149. The van der Waals surface area contributed by atoms with Crippen LogP contribution in [-0.4, -0.2) is 13.7 Å². The van der Waals surface area contributed by atoms with Crippen molar-refractivity contribution in [3.63, 3.8) is 0 Å². The number of hydrogen-bond donors (Lipinski definition) is 0. The van der Waals surface area contributed by atoms with Crippen molar-refractivity contribution in [2.24, 2.45) is 0 Å². The van der Waals surface area contributed by atoms with E-state index in [1.807, 2.05) is 0 Å². The van der Waals surface area contributed by atoms with E-state index in [-0.39, 0.29) is 0 Å². The summed E-state index contributed by atoms with van der Waals surface area (Å²) >= 11 is 0. The van der Waals surface area contributed by atoms with Crippen LogP contribution in [0, 0.1) is 0 Å². The minimum Gasteiger partial charge on any atom is -0.309 e. The van der Waals surface area contributed by atoms with Crippen LogP contribution in [-0.2, 0) is 5.41 Å². The molecule has 3 heterocycles. The fourth-order valence-corrected chi connectivity index (χ4v) is 13.1. The van der Waals surface area contributed by atoms with E-state index >= 15 is 0 Å². The highest BCUT2D eigenvalue weighted by atomic mass is 15.0. The van der Waals surface area contributed by atoms with E-state index in [0.717, 1.165) is 11.4 Å². The summed E-state index contributed by atoms with van der Waals surface area (Å²) in [6.45, 7) is 0. The third-order valence-corrected chi connectivity index (χ3v) is 15.8. The van der Waals surface area contributed by atoms with Gasteiger partial charge in [0.15, 0.2) is 0 Å². The monoisotopic (exact) mass is 887 g/mol. The van der Waals surface area contributed by atoms with Gasteiger partial charge in [-0.05, 0) is 117 Å². The Hall–Kier alpha value is -9.18. The Bertz CT molecular complexity index is 4510. The summed E-state index contributed by atoms with van der Waals surface area (Å²) in [5.74, 6) is 0. The van der Waals surface area contributed by atoms with Crippen LogP contribution < -0.4 is 0 Å². The van der Waals surface area contributed by atoms with Crippen LogP contribution in [0.5, 0.6) is 0 Å². The maximum absolute atomic E-state index is 2.57. The molecular weight excluding hydrogens is 847 g/mol. The molecule has 3 aromatic heterocycles. The smallest absolute Gasteiger partial charge is 0.0747 e. The van der Waals surface area contributed by atoms with E-state index in [1.54, 1.807) is 0 Å². The lowest BCUT2D eigenvalue weighted by molar-refractivity contribution is 0.797. The largest absolute Gasteiger partial charge is 0.309 e. The lowest BCUT2D eigenvalue weighted by Crippen LogP contribution is -2.26. The number of benzene rings is 11. The van der Waals surface area contributed by atoms with E-state index in [0.29, 0.717) is 0 Å². The molecule has 0 fully saturated rings. The first-order valence-electron chi connectivity index (χ1n) is 24.4. The van der Waals surface area contributed by atoms with Crippen LogP contribution in [0.3, 0.4) is 0 Å². The SMILES string of the molecule is c1ccc(-n2c3ccccc3c3cc(-c4ccc5c(c4)c4ccc6c(c4n5-c4ccccc4)C4(c5ccccc5-6)c5ccccc5-c5c4ccc4c6ccccc6n(-c6ccccc6)c54)ccc32)cc1. The molecule has 0 saturated carbocycles. The maximum atomic E-state index is 2.57. The van der Waals surface area contributed by atoms with Gasteiger partial charge in [0, 0.05) is 60.5 Å². The van der Waals surface area contributed by atoms with Crippen LogP contribution in [0.15, 0.2) is 249 Å². The third kappa shape index (κ3) is 4.78. The molecule has 2 aliphatic rings. The molecule has 0 bridgehead atoms. The highest BCUT2D eigenvalue weighted by molar-refractivity contribution is 6.19. The molecule has 3 heteroatoms. The van der Waals surface area contributed by atoms with Crippen LogP contribution in [0.4, 0.5) is 0 Å². The molecule has 0 amide bonds. The minimum atomic E-state index is -0.606. The molecule has 1 atom stereocenters. The Labute approximate surface area is 404 Å². The van der Waals surface area contributed by atoms with Crippen molar-refractivity contribution >= 4 is 65.4 Å². The van der Waals surface area contributed by atoms with Crippen molar-refractivity contribution in [1.29, 1.82) is 0 Å². The maximum Gasteiger partial charge on any atom is 0.0747 e. The Morgan fingerprint density at radius 3 is 1.36 bits per heavy atom. The first kappa shape index (κ1) is 37.9. The van der Waals surface area contributed by atoms with Gasteiger partial charge in [-0.15, -0.1) is 0 Å². The first-order valence-corrected chi connectivity index (χ1v) is 24.4. The van der Waals surface area contributed by atoms with E-state index < -0.39 is 5.41 Å². The highest BCUT2D eigenvalue weighted by Gasteiger charge is 2.54. The summed E-state index contributed by atoms with van der Waals surface area (Å²) in [5.41, 5.74) is 23.1. The highest BCUT2D eigenvalue weighted by Crippen LogP contribution is 2.66. The van der Waals surface area contributed by atoms with E-state index in [2.05, 4.69) is 262 Å². The number of fused-ring (bicyclic) bond motifs is 21. The summed E-state index contributed by atoms with van der Waals surface area (Å²) in [5, 5.41) is 7.52. The van der Waals surface area contributed by atoms with Gasteiger partial charge in [-0.3, -0.25) is 0 Å². The van der Waals surface area contributed by atoms with Gasteiger partial charge in [-0.25, -0.2) is 0 Å². The van der Waals surface area contributed by atoms with E-state index in [1.165, 1.54) is 127 Å². The topological polar surface area (TPSA) is 14.8 Å². The predicted octanol–water partition coefficient (Wildman–Crippen LogP) is 17.0. The van der Waals surface area contributed by atoms with Crippen LogP contribution in [0.1, 0.15) is 22.3 Å². The van der Waals surface area contributed by atoms with Crippen molar-refractivity contribution in [1.82, 2.24) is 13.7 Å². The number of nitrogens with zero attached hydrogens (tertiary/aromatic N) is 3. The van der Waals surface area contributed by atoms with Gasteiger partial charge >= 0.3 is 0 Å². The van der Waals surface area contributed by atoms with E-state index in [4.69, 9.17) is 0 Å². The first-order chi connectivity index (χ1) is 34.8. The van der Waals surface area contributed by atoms with Gasteiger partial charge in [0.2, 0.25) is 0 Å². The molecule has 14 aromatic rings. The van der Waals surface area contributed by atoms with Crippen molar-refractivity contribution in [3.05, 3.63) is 271 Å². The minimum absolute atomic E-state index is 0.606. The quantitative estimate of drug-likeness (QED) is 0.167. The predicted molar refractivity (Wildman–Crippen MR) is 291 cm³/mol. The van der Waals surface area contributed by atoms with Gasteiger partial charge < -0.3 is 13.7 Å². The van der Waals surface area contributed by atoms with Crippen molar-refractivity contribution in [3.8, 4) is 50.4 Å². The summed E-state index contributed by atoms with van der Waals surface area (Å²) in [7, 11) is 0. The Kier molecular flexibility index (Phi) is 7.54. The number of hydrogen-bond acceptors (Lipinski definition) is 0. The standard InChI is InChI=1S/C67H41N3/c1-4-18-44(19-5-1)68-59-30-16-13-26-49(59)54-40-42(32-38-61(54)68)43-33-39-62-55(41-43)52-35-34-50-47-24-10-14-28-56(47)67(64(50)66(52)70(62)46-22-8-3-9-23-46)57-29-15-11-27-53(57)63-58(67)37-36-51-48-25-12-17-31-60(48)69(65(51)63)45-20-6-2-7-21-45/h1-41H. The van der Waals surface area contributed by atoms with Crippen molar-refractivity contribution in [2.45, 2.75) is 5.41 Å². The number of para-hydroxylation sites is 5. The zero-order chi connectivity index (χ0) is 45.7. The second-order valence-corrected chi connectivity index (χ2v) is 19.1. The Balaban J connectivity index is 1.01. The van der Waals surface area contributed by atoms with Crippen LogP contribution >= 0.6 is 0 Å². The lowest BCUT2D eigenvalue weighted by atomic mass is 9.70. The summed E-state index contributed by atoms with van der Waals surface area (Å²) in [6, 6.07) is 92.8. The Morgan fingerprint density at radius 1 is 0.257 bits per heavy atom. The molecule has 1 unspecified atom stereocenters. The molecule has 16 rings (SSSR count). The molecule has 0 radical (unpaired) electrons. The fourth-order valence-electron chi connectivity index (χ4n) is 13.1. The van der Waals surface area contributed by atoms with Crippen LogP contribution in [0.25, 0.3) is 116 Å². The Morgan fingerprint density at radius 2 is 0.700 bits per heavy atom. The van der Waals surface area contributed by atoms with Gasteiger partial charge in [0.1, 0.15) is 0 Å². The molecule has 11 aromatic carbocycles. The van der Waals surface area contributed by atoms with Gasteiger partial charge in [-0.1, -0.05) is 176 Å². The summed E-state index contributed by atoms with van der Waals surface area (Å²) in [6.07, 6.45) is 0. The van der Waals surface area contributed by atoms with E-state index in [9.17, 15) is 0 Å². The molecule has 324 valence electrons. The van der Waals surface area contributed by atoms with Crippen molar-refractivity contribution in [2.75, 3.05) is 0 Å². The molecule has 70 heavy (non-hydrogen) atoms. The summed E-state index contributed by atoms with van der Waals surface area (Å²) < 4.78 is 7.48. The average Bonchev–Trinajstić information content (AvgIpc) is 4.21. The van der Waals surface area contributed by atoms with Gasteiger partial charge in [0.05, 0.1) is 38.5 Å². The zero-order valence-corrected chi connectivity index (χ0v) is 38.0. The van der Waals surface area contributed by atoms with Gasteiger partial charge in [-0.2, -0.15) is 0 Å². The molecule has 2 aliphatic carbocycles. The lowest BCUT2D eigenvalue weighted by Gasteiger charge is -2.31. The average molecular weight is 888 g/mol. The molecule has 0 saturated heterocycles. The molecular formula is C67H41N3. The number of aromatic nitrogens is 3. The summed E-state index contributed by atoms with van der Waals surface area (Å²) in [4.78, 5) is 0.